The van der Waals surface area contributed by atoms with Crippen LogP contribution in [0, 0.1) is 20.0 Å². The van der Waals surface area contributed by atoms with Gasteiger partial charge in [0.1, 0.15) is 0 Å². The van der Waals surface area contributed by atoms with Crippen LogP contribution in [0.4, 0.5) is 0 Å². The fraction of sp³-hybridized carbons (Fsp3) is 0.231. The number of nitrogens with two attached hydrogens (primary N) is 1. The average Bonchev–Trinajstić information content (AvgIpc) is 2.58. The normalized spacial score (nSPS) is 10.6. The Morgan fingerprint density at radius 2 is 2.07 bits per heavy atom. The Bertz CT molecular complexity index is 469. The minimum absolute atomic E-state index is 0.577. The Morgan fingerprint density at radius 1 is 1.27 bits per heavy atom. The van der Waals surface area contributed by atoms with Crippen molar-refractivity contribution in [3.8, 4) is 5.69 Å². The molecule has 2 aromatic rings. The number of hydrogen-bond acceptors (Lipinski definition) is 1. The van der Waals surface area contributed by atoms with Gasteiger partial charge in [-0.25, -0.2) is 0 Å². The van der Waals surface area contributed by atoms with E-state index in [0.29, 0.717) is 6.54 Å². The van der Waals surface area contributed by atoms with Crippen molar-refractivity contribution < 1.29 is 0 Å². The molecule has 1 aromatic carbocycles. The van der Waals surface area contributed by atoms with Gasteiger partial charge in [-0.15, -0.1) is 0 Å². The van der Waals surface area contributed by atoms with E-state index in [-0.39, 0.29) is 0 Å². The summed E-state index contributed by atoms with van der Waals surface area (Å²) in [6.45, 7) is 4.71. The summed E-state index contributed by atoms with van der Waals surface area (Å²) in [5.74, 6) is 0. The zero-order valence-corrected chi connectivity index (χ0v) is 9.12. The Labute approximate surface area is 90.3 Å². The first-order chi connectivity index (χ1) is 7.20. The Kier molecular flexibility index (Phi) is 2.60. The molecule has 2 N–H and O–H groups in total. The minimum atomic E-state index is 0.577. The van der Waals surface area contributed by atoms with Crippen molar-refractivity contribution in [2.24, 2.45) is 5.73 Å². The largest absolute Gasteiger partial charge is 0.326 e. The third-order valence-electron chi connectivity index (χ3n) is 2.47. The molecule has 0 aliphatic rings. The van der Waals surface area contributed by atoms with Gasteiger partial charge < -0.3 is 10.3 Å². The van der Waals surface area contributed by atoms with Gasteiger partial charge in [0.05, 0.1) is 6.20 Å². The molecule has 0 unspecified atom stereocenters. The Morgan fingerprint density at radius 3 is 2.67 bits per heavy atom. The molecule has 0 aliphatic heterocycles. The summed E-state index contributed by atoms with van der Waals surface area (Å²) in [7, 11) is 0. The fourth-order valence-corrected chi connectivity index (χ4v) is 1.77. The van der Waals surface area contributed by atoms with Gasteiger partial charge in [-0.3, -0.25) is 0 Å². The molecule has 0 fully saturated rings. The van der Waals surface area contributed by atoms with Gasteiger partial charge >= 0.3 is 0 Å². The lowest BCUT2D eigenvalue weighted by molar-refractivity contribution is 0.988. The van der Waals surface area contributed by atoms with Crippen molar-refractivity contribution in [1.82, 2.24) is 4.57 Å². The summed E-state index contributed by atoms with van der Waals surface area (Å²) in [5, 5.41) is 0. The second-order valence-corrected chi connectivity index (χ2v) is 3.79. The first kappa shape index (κ1) is 9.99. The lowest BCUT2D eigenvalue weighted by Gasteiger charge is -2.06. The topological polar surface area (TPSA) is 30.9 Å². The van der Waals surface area contributed by atoms with E-state index >= 15 is 0 Å². The third-order valence-corrected chi connectivity index (χ3v) is 2.47. The van der Waals surface area contributed by atoms with E-state index in [1.807, 2.05) is 12.1 Å². The second-order valence-electron chi connectivity index (χ2n) is 3.79. The Balaban J connectivity index is 2.49. The lowest BCUT2D eigenvalue weighted by Crippen LogP contribution is -1.99. The van der Waals surface area contributed by atoms with Crippen molar-refractivity contribution in [1.29, 1.82) is 0 Å². The van der Waals surface area contributed by atoms with Gasteiger partial charge in [-0.05, 0) is 43.2 Å². The average molecular weight is 199 g/mol. The number of benzene rings is 1. The van der Waals surface area contributed by atoms with E-state index in [1.165, 1.54) is 5.69 Å². The molecule has 0 atom stereocenters. The maximum Gasteiger partial charge on any atom is 0.0732 e. The molecule has 77 valence electrons. The molecule has 2 heteroatoms. The first-order valence-corrected chi connectivity index (χ1v) is 5.08. The quantitative estimate of drug-likeness (QED) is 0.790. The number of nitrogens with zero attached hydrogens (tertiary/aromatic N) is 1. The second kappa shape index (κ2) is 3.91. The van der Waals surface area contributed by atoms with Gasteiger partial charge in [0.15, 0.2) is 0 Å². The first-order valence-electron chi connectivity index (χ1n) is 5.08. The van der Waals surface area contributed by atoms with Gasteiger partial charge in [0, 0.05) is 17.9 Å². The van der Waals surface area contributed by atoms with Crippen LogP contribution in [0.3, 0.4) is 0 Å². The molecule has 2 rings (SSSR count). The summed E-state index contributed by atoms with van der Waals surface area (Å²) >= 11 is 0. The molecule has 0 spiro atoms. The number of hydrogen-bond donors (Lipinski definition) is 1. The van der Waals surface area contributed by atoms with E-state index in [4.69, 9.17) is 5.73 Å². The third kappa shape index (κ3) is 1.95. The minimum Gasteiger partial charge on any atom is -0.326 e. The molecule has 1 heterocycles. The summed E-state index contributed by atoms with van der Waals surface area (Å²) in [6, 6.07) is 10.4. The van der Waals surface area contributed by atoms with Crippen LogP contribution in [-0.4, -0.2) is 4.57 Å². The van der Waals surface area contributed by atoms with Crippen molar-refractivity contribution in [3.05, 3.63) is 53.3 Å². The summed E-state index contributed by atoms with van der Waals surface area (Å²) in [4.78, 5) is 0. The maximum absolute atomic E-state index is 5.62. The summed E-state index contributed by atoms with van der Waals surface area (Å²) in [6.07, 6.45) is 3.29. The van der Waals surface area contributed by atoms with E-state index in [2.05, 4.69) is 42.8 Å². The van der Waals surface area contributed by atoms with E-state index in [9.17, 15) is 0 Å². The molecular weight excluding hydrogens is 184 g/mol. The van der Waals surface area contributed by atoms with Crippen LogP contribution in [0.5, 0.6) is 0 Å². The fourth-order valence-electron chi connectivity index (χ4n) is 1.77. The smallest absolute Gasteiger partial charge is 0.0732 e. The standard InChI is InChI=1S/C13H15N2/c1-10-6-11(2)15(9-10)13-5-3-4-12(7-13)8-14/h3-7H,8,14H2,1-2H3. The lowest BCUT2D eigenvalue weighted by atomic mass is 10.2. The van der Waals surface area contributed by atoms with Crippen LogP contribution < -0.4 is 5.73 Å². The molecule has 0 saturated carbocycles. The number of aryl methyl sites for hydroxylation is 2. The molecule has 2 nitrogen and oxygen atoms in total. The SMILES string of the molecule is Cc1[c]n(-c2cccc(CN)c2)c(C)c1. The molecule has 1 radical (unpaired) electrons. The highest BCUT2D eigenvalue weighted by molar-refractivity contribution is 5.39. The van der Waals surface area contributed by atoms with Crippen LogP contribution in [-0.2, 0) is 6.54 Å². The van der Waals surface area contributed by atoms with Crippen LogP contribution in [0.25, 0.3) is 5.69 Å². The molecule has 0 amide bonds. The highest BCUT2D eigenvalue weighted by Gasteiger charge is 2.02. The monoisotopic (exact) mass is 199 g/mol. The van der Waals surface area contributed by atoms with Gasteiger partial charge in [-0.2, -0.15) is 0 Å². The zero-order valence-electron chi connectivity index (χ0n) is 9.12. The molecule has 0 bridgehead atoms. The van der Waals surface area contributed by atoms with Gasteiger partial charge in [0.2, 0.25) is 0 Å². The highest BCUT2D eigenvalue weighted by Crippen LogP contribution is 2.15. The van der Waals surface area contributed by atoms with Crippen LogP contribution >= 0.6 is 0 Å². The Hall–Kier alpha value is -1.54. The van der Waals surface area contributed by atoms with E-state index < -0.39 is 0 Å². The molecule has 0 aliphatic carbocycles. The number of aromatic nitrogens is 1. The summed E-state index contributed by atoms with van der Waals surface area (Å²) < 4.78 is 2.06. The van der Waals surface area contributed by atoms with Gasteiger partial charge in [0.25, 0.3) is 0 Å². The van der Waals surface area contributed by atoms with Gasteiger partial charge in [-0.1, -0.05) is 12.1 Å². The molecular formula is C13H15N2. The zero-order chi connectivity index (χ0) is 10.8. The predicted molar refractivity (Wildman–Crippen MR) is 62.0 cm³/mol. The van der Waals surface area contributed by atoms with Crippen LogP contribution in [0.2, 0.25) is 0 Å². The maximum atomic E-state index is 5.62. The van der Waals surface area contributed by atoms with Crippen LogP contribution in [0.15, 0.2) is 30.3 Å². The van der Waals surface area contributed by atoms with E-state index in [1.54, 1.807) is 0 Å². The number of rotatable bonds is 2. The van der Waals surface area contributed by atoms with Crippen molar-refractivity contribution in [2.75, 3.05) is 0 Å². The summed E-state index contributed by atoms with van der Waals surface area (Å²) in [5.41, 5.74) is 10.2. The van der Waals surface area contributed by atoms with Crippen molar-refractivity contribution in [2.45, 2.75) is 20.4 Å². The molecule has 15 heavy (non-hydrogen) atoms. The van der Waals surface area contributed by atoms with Crippen molar-refractivity contribution >= 4 is 0 Å². The van der Waals surface area contributed by atoms with E-state index in [0.717, 1.165) is 16.8 Å². The predicted octanol–water partition coefficient (Wildman–Crippen LogP) is 2.35. The molecule has 1 aromatic heterocycles. The molecule has 0 saturated heterocycles. The van der Waals surface area contributed by atoms with Crippen LogP contribution in [0.1, 0.15) is 16.8 Å². The highest BCUT2D eigenvalue weighted by atomic mass is 15.0. The van der Waals surface area contributed by atoms with Crippen molar-refractivity contribution in [3.63, 3.8) is 0 Å².